The molecular weight excluding hydrogens is 556 g/mol. The molecule has 3 saturated heterocycles. The van der Waals surface area contributed by atoms with Gasteiger partial charge in [-0.2, -0.15) is 0 Å². The Labute approximate surface area is 236 Å². The minimum Gasteiger partial charge on any atom is -0.463 e. The number of rotatable bonds is 9. The van der Waals surface area contributed by atoms with E-state index in [2.05, 4.69) is 0 Å². The van der Waals surface area contributed by atoms with E-state index in [0.29, 0.717) is 0 Å². The maximum atomic E-state index is 12.2. The molecule has 0 aromatic rings. The molecular formula is C25H36O16. The van der Waals surface area contributed by atoms with E-state index >= 15 is 0 Å². The molecule has 0 aromatic carbocycles. The van der Waals surface area contributed by atoms with Crippen LogP contribution in [0, 0.1) is 0 Å². The van der Waals surface area contributed by atoms with E-state index in [9.17, 15) is 24.0 Å². The van der Waals surface area contributed by atoms with Gasteiger partial charge in [-0.15, -0.1) is 0 Å². The van der Waals surface area contributed by atoms with E-state index in [4.69, 9.17) is 52.1 Å². The lowest BCUT2D eigenvalue weighted by molar-refractivity contribution is -0.345. The highest BCUT2D eigenvalue weighted by molar-refractivity contribution is 5.69. The van der Waals surface area contributed by atoms with Crippen LogP contribution in [0.3, 0.4) is 0 Å². The summed E-state index contributed by atoms with van der Waals surface area (Å²) in [5, 5.41) is 0. The fourth-order valence-corrected chi connectivity index (χ4v) is 4.74. The lowest BCUT2D eigenvalue weighted by atomic mass is 9.96. The van der Waals surface area contributed by atoms with Gasteiger partial charge in [-0.3, -0.25) is 28.7 Å². The molecule has 3 heterocycles. The van der Waals surface area contributed by atoms with Crippen molar-refractivity contribution in [1.29, 1.82) is 0 Å². The minimum absolute atomic E-state index is 0.456. The molecule has 41 heavy (non-hydrogen) atoms. The van der Waals surface area contributed by atoms with Crippen molar-refractivity contribution in [2.75, 3.05) is 13.7 Å². The Morgan fingerprint density at radius 1 is 0.683 bits per heavy atom. The molecule has 0 radical (unpaired) electrons. The average molecular weight is 593 g/mol. The summed E-state index contributed by atoms with van der Waals surface area (Å²) in [6.45, 7) is 8.29. The highest BCUT2D eigenvalue weighted by atomic mass is 16.9. The Bertz CT molecular complexity index is 1000. The second kappa shape index (κ2) is 13.4. The van der Waals surface area contributed by atoms with Gasteiger partial charge in [0.15, 0.2) is 37.0 Å². The summed E-state index contributed by atoms with van der Waals surface area (Å²) < 4.78 is 62.0. The van der Waals surface area contributed by atoms with Crippen molar-refractivity contribution < 1.29 is 76.1 Å². The molecule has 3 rings (SSSR count). The monoisotopic (exact) mass is 592 g/mol. The molecule has 16 heteroatoms. The first-order valence-corrected chi connectivity index (χ1v) is 12.8. The molecule has 1 unspecified atom stereocenters. The third-order valence-electron chi connectivity index (χ3n) is 6.32. The topological polar surface area (TPSA) is 187 Å². The first-order valence-electron chi connectivity index (χ1n) is 12.8. The zero-order chi connectivity index (χ0) is 30.6. The van der Waals surface area contributed by atoms with Crippen LogP contribution in [0.2, 0.25) is 0 Å². The van der Waals surface area contributed by atoms with Gasteiger partial charge in [0.05, 0.1) is 6.10 Å². The van der Waals surface area contributed by atoms with E-state index in [-0.39, 0.29) is 0 Å². The Kier molecular flexibility index (Phi) is 10.7. The van der Waals surface area contributed by atoms with Crippen molar-refractivity contribution in [3.8, 4) is 0 Å². The van der Waals surface area contributed by atoms with E-state index in [1.54, 1.807) is 6.92 Å². The quantitative estimate of drug-likeness (QED) is 0.254. The van der Waals surface area contributed by atoms with Crippen LogP contribution in [0.25, 0.3) is 0 Å². The Hall–Kier alpha value is -2.89. The molecule has 16 nitrogen and oxygen atoms in total. The van der Waals surface area contributed by atoms with Gasteiger partial charge in [-0.05, 0) is 6.92 Å². The van der Waals surface area contributed by atoms with Crippen LogP contribution in [0.4, 0.5) is 0 Å². The van der Waals surface area contributed by atoms with Gasteiger partial charge in [0, 0.05) is 48.7 Å². The SMILES string of the molecule is COC1(C)O[C@H]2O[C@@H](C)[C@H](OC(C)=O)[C@@H](O[C@H]3O[C@H](COC(C)=O)[C@@H](OC(C)=O)[C@H](OC(C)=O)[C@H]3OC(C)=O)[C@H]2O1. The smallest absolute Gasteiger partial charge is 0.303 e. The maximum absolute atomic E-state index is 12.2. The van der Waals surface area contributed by atoms with Crippen LogP contribution in [-0.4, -0.2) is 111 Å². The van der Waals surface area contributed by atoms with Crippen LogP contribution in [0.15, 0.2) is 0 Å². The predicted molar refractivity (Wildman–Crippen MR) is 128 cm³/mol. The standard InChI is InChI=1S/C25H36O16/c1-10-17(34-12(3)27)19(22-24(33-10)41-25(7,31-8)40-22)39-23-21(37-15(6)30)20(36-14(5)29)18(35-13(4)28)16(38-23)9-32-11(2)26/h10,16-24H,9H2,1-8H3/t10-,16+,17-,18+,19+,20-,21+,22+,23+,24+,25?/m0/s1. The summed E-state index contributed by atoms with van der Waals surface area (Å²) in [4.78, 5) is 59.9. The molecule has 0 aliphatic carbocycles. The second-order valence-corrected chi connectivity index (χ2v) is 9.72. The molecule has 3 fully saturated rings. The summed E-state index contributed by atoms with van der Waals surface area (Å²) >= 11 is 0. The Balaban J connectivity index is 2.05. The number of hydrogen-bond donors (Lipinski definition) is 0. The molecule has 0 amide bonds. The van der Waals surface area contributed by atoms with E-state index < -0.39 is 104 Å². The Morgan fingerprint density at radius 3 is 1.76 bits per heavy atom. The van der Waals surface area contributed by atoms with Gasteiger partial charge in [0.25, 0.3) is 5.97 Å². The summed E-state index contributed by atoms with van der Waals surface area (Å²) in [7, 11) is 1.35. The first-order chi connectivity index (χ1) is 19.1. The molecule has 3 aliphatic rings. The predicted octanol–water partition coefficient (Wildman–Crippen LogP) is -0.133. The normalized spacial score (nSPS) is 38.2. The van der Waals surface area contributed by atoms with E-state index in [0.717, 1.165) is 27.7 Å². The third-order valence-corrected chi connectivity index (χ3v) is 6.32. The number of carbonyl (C=O) groups is 5. The van der Waals surface area contributed by atoms with Gasteiger partial charge in [0.2, 0.25) is 0 Å². The first kappa shape index (κ1) is 32.6. The van der Waals surface area contributed by atoms with Gasteiger partial charge in [-0.1, -0.05) is 0 Å². The fraction of sp³-hybridized carbons (Fsp3) is 0.800. The van der Waals surface area contributed by atoms with Crippen LogP contribution in [-0.2, 0) is 76.1 Å². The van der Waals surface area contributed by atoms with Crippen LogP contribution >= 0.6 is 0 Å². The second-order valence-electron chi connectivity index (χ2n) is 9.72. The zero-order valence-corrected chi connectivity index (χ0v) is 24.0. The maximum Gasteiger partial charge on any atom is 0.303 e. The Morgan fingerprint density at radius 2 is 1.22 bits per heavy atom. The molecule has 0 saturated carbocycles. The lowest BCUT2D eigenvalue weighted by Gasteiger charge is -2.47. The summed E-state index contributed by atoms with van der Waals surface area (Å²) in [5.41, 5.74) is 0. The lowest BCUT2D eigenvalue weighted by Crippen LogP contribution is -2.66. The van der Waals surface area contributed by atoms with Gasteiger partial charge in [0.1, 0.15) is 24.9 Å². The summed E-state index contributed by atoms with van der Waals surface area (Å²) in [6, 6.07) is 0. The van der Waals surface area contributed by atoms with Crippen LogP contribution < -0.4 is 0 Å². The molecule has 0 aromatic heterocycles. The van der Waals surface area contributed by atoms with E-state index in [1.165, 1.54) is 21.0 Å². The van der Waals surface area contributed by atoms with Crippen LogP contribution in [0.5, 0.6) is 0 Å². The van der Waals surface area contributed by atoms with Crippen LogP contribution in [0.1, 0.15) is 48.5 Å². The zero-order valence-electron chi connectivity index (χ0n) is 24.0. The van der Waals surface area contributed by atoms with Crippen molar-refractivity contribution >= 4 is 29.8 Å². The number of esters is 5. The molecule has 11 atom stereocenters. The number of fused-ring (bicyclic) bond motifs is 1. The molecule has 3 aliphatic heterocycles. The largest absolute Gasteiger partial charge is 0.463 e. The number of carbonyl (C=O) groups excluding carboxylic acids is 5. The van der Waals surface area contributed by atoms with Crippen molar-refractivity contribution in [3.63, 3.8) is 0 Å². The molecule has 0 bridgehead atoms. The highest BCUT2D eigenvalue weighted by Gasteiger charge is 2.60. The van der Waals surface area contributed by atoms with Gasteiger partial charge >= 0.3 is 29.8 Å². The van der Waals surface area contributed by atoms with Crippen molar-refractivity contribution in [1.82, 2.24) is 0 Å². The van der Waals surface area contributed by atoms with Crippen molar-refractivity contribution in [3.05, 3.63) is 0 Å². The average Bonchev–Trinajstić information content (AvgIpc) is 3.19. The number of hydrogen-bond acceptors (Lipinski definition) is 16. The van der Waals surface area contributed by atoms with Gasteiger partial charge in [-0.25, -0.2) is 0 Å². The van der Waals surface area contributed by atoms with E-state index in [1.807, 2.05) is 0 Å². The fourth-order valence-electron chi connectivity index (χ4n) is 4.74. The molecule has 232 valence electrons. The molecule has 0 spiro atoms. The number of ether oxygens (including phenoxy) is 11. The minimum atomic E-state index is -1.57. The van der Waals surface area contributed by atoms with Crippen molar-refractivity contribution in [2.45, 2.75) is 116 Å². The highest BCUT2D eigenvalue weighted by Crippen LogP contribution is 2.41. The third kappa shape index (κ3) is 8.11. The summed E-state index contributed by atoms with van der Waals surface area (Å²) in [6.07, 6.45) is -12.4. The number of methoxy groups -OCH3 is 1. The van der Waals surface area contributed by atoms with Crippen molar-refractivity contribution in [2.24, 2.45) is 0 Å². The summed E-state index contributed by atoms with van der Waals surface area (Å²) in [5.74, 6) is -5.29. The molecule has 0 N–H and O–H groups in total. The van der Waals surface area contributed by atoms with Gasteiger partial charge < -0.3 is 47.4 Å².